The van der Waals surface area contributed by atoms with Crippen LogP contribution in [0.25, 0.3) is 0 Å². The van der Waals surface area contributed by atoms with Gasteiger partial charge in [0.2, 0.25) is 0 Å². The highest BCUT2D eigenvalue weighted by Gasteiger charge is 2.48. The molecule has 1 fully saturated rings. The molecule has 1 aliphatic heterocycles. The zero-order chi connectivity index (χ0) is 17.7. The normalized spacial score (nSPS) is 24.6. The highest BCUT2D eigenvalue weighted by Crippen LogP contribution is 2.37. The minimum atomic E-state index is -1.10. The van der Waals surface area contributed by atoms with Crippen LogP contribution < -0.4 is 9.47 Å². The predicted molar refractivity (Wildman–Crippen MR) is 90.4 cm³/mol. The number of aliphatic hydroxyl groups is 1. The Morgan fingerprint density at radius 3 is 2.71 bits per heavy atom. The Morgan fingerprint density at radius 1 is 1.38 bits per heavy atom. The van der Waals surface area contributed by atoms with E-state index in [-0.39, 0.29) is 0 Å². The summed E-state index contributed by atoms with van der Waals surface area (Å²) in [6.45, 7) is 3.49. The number of ether oxygens (including phenoxy) is 2. The Bertz CT molecular complexity index is 577. The van der Waals surface area contributed by atoms with Crippen molar-refractivity contribution in [2.24, 2.45) is 5.41 Å². The lowest BCUT2D eigenvalue weighted by Gasteiger charge is -2.43. The number of piperidine rings is 1. The van der Waals surface area contributed by atoms with Gasteiger partial charge in [0, 0.05) is 25.2 Å². The number of benzene rings is 1. The molecule has 6 nitrogen and oxygen atoms in total. The first-order valence-electron chi connectivity index (χ1n) is 8.32. The van der Waals surface area contributed by atoms with Gasteiger partial charge in [0.25, 0.3) is 0 Å². The fraction of sp³-hybridized carbons (Fsp3) is 0.611. The molecule has 0 aromatic heterocycles. The van der Waals surface area contributed by atoms with Gasteiger partial charge in [0.15, 0.2) is 11.5 Å². The third-order valence-electron chi connectivity index (χ3n) is 4.86. The van der Waals surface area contributed by atoms with Crippen molar-refractivity contribution in [1.29, 1.82) is 0 Å². The molecule has 24 heavy (non-hydrogen) atoms. The van der Waals surface area contributed by atoms with Crippen molar-refractivity contribution in [2.45, 2.75) is 38.8 Å². The average molecular weight is 337 g/mol. The van der Waals surface area contributed by atoms with Gasteiger partial charge in [-0.15, -0.1) is 0 Å². The number of hydrogen-bond donors (Lipinski definition) is 2. The van der Waals surface area contributed by atoms with Gasteiger partial charge >= 0.3 is 5.97 Å². The lowest BCUT2D eigenvalue weighted by Crippen LogP contribution is -2.55. The first-order valence-corrected chi connectivity index (χ1v) is 8.32. The molecule has 2 rings (SSSR count). The van der Waals surface area contributed by atoms with Crippen molar-refractivity contribution in [3.05, 3.63) is 23.8 Å². The molecule has 0 unspecified atom stereocenters. The molecule has 6 heteroatoms. The van der Waals surface area contributed by atoms with Crippen LogP contribution in [0.4, 0.5) is 0 Å². The Morgan fingerprint density at radius 2 is 2.12 bits per heavy atom. The maximum atomic E-state index is 11.9. The molecule has 1 aromatic rings. The Balaban J connectivity index is 2.23. The van der Waals surface area contributed by atoms with Gasteiger partial charge in [-0.25, -0.2) is 0 Å². The number of likely N-dealkylation sites (tertiary alicyclic amines) is 1. The Kier molecular flexibility index (Phi) is 6.07. The van der Waals surface area contributed by atoms with E-state index in [2.05, 4.69) is 4.90 Å². The van der Waals surface area contributed by atoms with E-state index in [9.17, 15) is 15.0 Å². The van der Waals surface area contributed by atoms with E-state index >= 15 is 0 Å². The van der Waals surface area contributed by atoms with Crippen molar-refractivity contribution >= 4 is 5.97 Å². The summed E-state index contributed by atoms with van der Waals surface area (Å²) in [5.41, 5.74) is -0.150. The maximum Gasteiger partial charge on any atom is 0.313 e. The third kappa shape index (κ3) is 3.49. The molecular formula is C18H27NO5. The van der Waals surface area contributed by atoms with E-state index in [4.69, 9.17) is 9.47 Å². The fourth-order valence-corrected chi connectivity index (χ4v) is 3.63. The summed E-state index contributed by atoms with van der Waals surface area (Å²) in [6.07, 6.45) is 0.839. The van der Waals surface area contributed by atoms with E-state index in [1.807, 2.05) is 25.1 Å². The van der Waals surface area contributed by atoms with E-state index in [0.717, 1.165) is 12.0 Å². The molecule has 1 aliphatic rings. The second-order valence-electron chi connectivity index (χ2n) is 6.38. The summed E-state index contributed by atoms with van der Waals surface area (Å²) in [4.78, 5) is 13.9. The van der Waals surface area contributed by atoms with Crippen molar-refractivity contribution in [3.8, 4) is 11.5 Å². The second-order valence-corrected chi connectivity index (χ2v) is 6.38. The number of nitrogens with zero attached hydrogens (tertiary/aromatic N) is 1. The van der Waals surface area contributed by atoms with Crippen molar-refractivity contribution in [1.82, 2.24) is 4.90 Å². The number of aliphatic hydroxyl groups excluding tert-OH is 1. The first-order chi connectivity index (χ1) is 11.5. The van der Waals surface area contributed by atoms with E-state index in [1.54, 1.807) is 14.2 Å². The van der Waals surface area contributed by atoms with Crippen molar-refractivity contribution < 1.29 is 24.5 Å². The zero-order valence-corrected chi connectivity index (χ0v) is 14.6. The van der Waals surface area contributed by atoms with Crippen LogP contribution in [-0.4, -0.2) is 54.5 Å². The van der Waals surface area contributed by atoms with Gasteiger partial charge in [0.05, 0.1) is 20.3 Å². The summed E-state index contributed by atoms with van der Waals surface area (Å²) in [5.74, 6) is 0.409. The molecular weight excluding hydrogens is 310 g/mol. The zero-order valence-electron chi connectivity index (χ0n) is 14.6. The van der Waals surface area contributed by atoms with E-state index in [1.165, 1.54) is 0 Å². The summed E-state index contributed by atoms with van der Waals surface area (Å²) in [7, 11) is 3.19. The molecule has 2 N–H and O–H groups in total. The molecule has 1 saturated heterocycles. The van der Waals surface area contributed by atoms with Crippen molar-refractivity contribution in [3.63, 3.8) is 0 Å². The van der Waals surface area contributed by atoms with Crippen LogP contribution in [0.3, 0.4) is 0 Å². The number of aliphatic carboxylic acids is 1. The number of rotatable bonds is 7. The van der Waals surface area contributed by atoms with Crippen LogP contribution in [0, 0.1) is 5.41 Å². The monoisotopic (exact) mass is 337 g/mol. The lowest BCUT2D eigenvalue weighted by atomic mass is 9.74. The number of carboxylic acids is 1. The lowest BCUT2D eigenvalue weighted by molar-refractivity contribution is -0.164. The molecule has 0 aliphatic carbocycles. The maximum absolute atomic E-state index is 11.9. The molecule has 0 bridgehead atoms. The minimum Gasteiger partial charge on any atom is -0.493 e. The molecule has 1 heterocycles. The van der Waals surface area contributed by atoms with Gasteiger partial charge in [-0.1, -0.05) is 25.5 Å². The SMILES string of the molecule is CCC[C@@]1(C(=O)O)CN(Cc2cccc(OC)c2OC)CC[C@@H]1O. The molecule has 0 radical (unpaired) electrons. The van der Waals surface area contributed by atoms with Crippen LogP contribution in [0.2, 0.25) is 0 Å². The largest absolute Gasteiger partial charge is 0.493 e. The number of methoxy groups -OCH3 is 2. The summed E-state index contributed by atoms with van der Waals surface area (Å²) in [5, 5.41) is 20.1. The standard InChI is InChI=1S/C18H27NO5/c1-4-9-18(17(21)22)12-19(10-8-15(18)20)11-13-6-5-7-14(23-2)16(13)24-3/h5-7,15,20H,4,8-12H2,1-3H3,(H,21,22)/t15-,18+/m0/s1. The minimum absolute atomic E-state index is 0.331. The Hall–Kier alpha value is -1.79. The molecule has 2 atom stereocenters. The Labute approximate surface area is 143 Å². The number of hydrogen-bond acceptors (Lipinski definition) is 5. The molecule has 1 aromatic carbocycles. The highest BCUT2D eigenvalue weighted by atomic mass is 16.5. The number of para-hydroxylation sites is 1. The average Bonchev–Trinajstić information content (AvgIpc) is 2.57. The van der Waals surface area contributed by atoms with Gasteiger partial charge < -0.3 is 19.7 Å². The highest BCUT2D eigenvalue weighted by molar-refractivity contribution is 5.76. The summed E-state index contributed by atoms with van der Waals surface area (Å²) < 4.78 is 10.8. The first kappa shape index (κ1) is 18.5. The van der Waals surface area contributed by atoms with E-state index < -0.39 is 17.5 Å². The molecule has 0 saturated carbocycles. The van der Waals surface area contributed by atoms with Gasteiger partial charge in [-0.05, 0) is 18.9 Å². The smallest absolute Gasteiger partial charge is 0.313 e. The van der Waals surface area contributed by atoms with E-state index in [0.29, 0.717) is 44.0 Å². The predicted octanol–water partition coefficient (Wildman–Crippen LogP) is 2.14. The third-order valence-corrected chi connectivity index (χ3v) is 4.86. The number of carboxylic acid groups (broad SMARTS) is 1. The van der Waals surface area contributed by atoms with Crippen LogP contribution in [-0.2, 0) is 11.3 Å². The number of carbonyl (C=O) groups is 1. The fourth-order valence-electron chi connectivity index (χ4n) is 3.63. The second kappa shape index (κ2) is 7.85. The molecule has 134 valence electrons. The summed E-state index contributed by atoms with van der Waals surface area (Å²) in [6, 6.07) is 5.68. The van der Waals surface area contributed by atoms with Gasteiger partial charge in [-0.3, -0.25) is 9.69 Å². The molecule has 0 amide bonds. The quantitative estimate of drug-likeness (QED) is 0.794. The van der Waals surface area contributed by atoms with Crippen LogP contribution in [0.5, 0.6) is 11.5 Å². The van der Waals surface area contributed by atoms with Crippen LogP contribution >= 0.6 is 0 Å². The van der Waals surface area contributed by atoms with Gasteiger partial charge in [-0.2, -0.15) is 0 Å². The van der Waals surface area contributed by atoms with Crippen LogP contribution in [0.15, 0.2) is 18.2 Å². The topological polar surface area (TPSA) is 79.2 Å². The molecule has 0 spiro atoms. The van der Waals surface area contributed by atoms with Gasteiger partial charge in [0.1, 0.15) is 5.41 Å². The summed E-state index contributed by atoms with van der Waals surface area (Å²) >= 11 is 0. The van der Waals surface area contributed by atoms with Crippen LogP contribution in [0.1, 0.15) is 31.7 Å². The van der Waals surface area contributed by atoms with Crippen molar-refractivity contribution in [2.75, 3.05) is 27.3 Å².